The smallest absolute Gasteiger partial charge is 0.254 e. The molecule has 0 atom stereocenters. The van der Waals surface area contributed by atoms with Crippen LogP contribution < -0.4 is 9.46 Å². The minimum Gasteiger partial charge on any atom is -0.496 e. The molecule has 0 aromatic heterocycles. The summed E-state index contributed by atoms with van der Waals surface area (Å²) >= 11 is 5.86. The Morgan fingerprint density at radius 3 is 2.43 bits per heavy atom. The summed E-state index contributed by atoms with van der Waals surface area (Å²) in [6.45, 7) is 3.27. The number of hydrogen-bond acceptors (Lipinski definition) is 3. The van der Waals surface area contributed by atoms with Crippen LogP contribution in [0.1, 0.15) is 11.1 Å². The van der Waals surface area contributed by atoms with Crippen LogP contribution in [0.2, 0.25) is 5.02 Å². The maximum absolute atomic E-state index is 11.6. The molecule has 0 saturated carbocycles. The molecule has 0 aliphatic rings. The highest BCUT2D eigenvalue weighted by molar-refractivity contribution is 7.95. The van der Waals surface area contributed by atoms with Crippen LogP contribution in [0, 0.1) is 0 Å². The first-order chi connectivity index (χ1) is 10.9. The molecule has 1 N–H and O–H groups in total. The Labute approximate surface area is 141 Å². The molecule has 0 unspecified atom stereocenters. The second kappa shape index (κ2) is 7.35. The molecule has 2 aromatic carbocycles. The summed E-state index contributed by atoms with van der Waals surface area (Å²) in [4.78, 5) is 0. The molecule has 0 saturated heterocycles. The van der Waals surface area contributed by atoms with Gasteiger partial charge in [-0.1, -0.05) is 42.5 Å². The van der Waals surface area contributed by atoms with Gasteiger partial charge in [0.1, 0.15) is 5.75 Å². The molecule has 0 radical (unpaired) electrons. The predicted molar refractivity (Wildman–Crippen MR) is 96.1 cm³/mol. The van der Waals surface area contributed by atoms with E-state index in [9.17, 15) is 8.42 Å². The number of ether oxygens (including phenoxy) is 1. The monoisotopic (exact) mass is 349 g/mol. The third kappa shape index (κ3) is 4.87. The van der Waals surface area contributed by atoms with E-state index in [-0.39, 0.29) is 0 Å². The number of hydrogen-bond donors (Lipinski definition) is 1. The van der Waals surface area contributed by atoms with Crippen LogP contribution in [-0.4, -0.2) is 15.5 Å². The third-order valence-electron chi connectivity index (χ3n) is 3.03. The molecule has 0 spiro atoms. The predicted octanol–water partition coefficient (Wildman–Crippen LogP) is 4.40. The van der Waals surface area contributed by atoms with E-state index >= 15 is 0 Å². The van der Waals surface area contributed by atoms with Crippen LogP contribution >= 0.6 is 11.6 Å². The molecule has 0 fully saturated rings. The van der Waals surface area contributed by atoms with Crippen molar-refractivity contribution in [3.05, 3.63) is 70.6 Å². The van der Waals surface area contributed by atoms with Gasteiger partial charge in [0.05, 0.1) is 7.11 Å². The van der Waals surface area contributed by atoms with Crippen molar-refractivity contribution in [3.63, 3.8) is 0 Å². The Balaban J connectivity index is 2.32. The molecule has 2 aromatic rings. The van der Waals surface area contributed by atoms with Crippen molar-refractivity contribution in [1.82, 2.24) is 0 Å². The minimum absolute atomic E-state index is 0.432. The van der Waals surface area contributed by atoms with E-state index in [0.717, 1.165) is 16.5 Å². The first kappa shape index (κ1) is 17.1. The van der Waals surface area contributed by atoms with Crippen molar-refractivity contribution in [2.24, 2.45) is 0 Å². The molecule has 23 heavy (non-hydrogen) atoms. The Kier molecular flexibility index (Phi) is 5.47. The molecule has 0 bridgehead atoms. The fourth-order valence-corrected chi connectivity index (χ4v) is 2.56. The Morgan fingerprint density at radius 1 is 1.13 bits per heavy atom. The van der Waals surface area contributed by atoms with Gasteiger partial charge in [0, 0.05) is 21.7 Å². The van der Waals surface area contributed by atoms with Gasteiger partial charge in [0.25, 0.3) is 10.0 Å². The fraction of sp³-hybridized carbons (Fsp3) is 0.0588. The maximum atomic E-state index is 11.6. The van der Waals surface area contributed by atoms with Crippen molar-refractivity contribution in [1.29, 1.82) is 0 Å². The number of benzene rings is 2. The average molecular weight is 350 g/mol. The Hall–Kier alpha value is -2.24. The Bertz CT molecular complexity index is 827. The van der Waals surface area contributed by atoms with E-state index in [2.05, 4.69) is 11.3 Å². The lowest BCUT2D eigenvalue weighted by molar-refractivity contribution is 0.414. The first-order valence-electron chi connectivity index (χ1n) is 6.70. The van der Waals surface area contributed by atoms with Crippen molar-refractivity contribution >= 4 is 39.5 Å². The van der Waals surface area contributed by atoms with Crippen molar-refractivity contribution in [3.8, 4) is 5.75 Å². The molecule has 2 rings (SSSR count). The molecule has 0 aliphatic heterocycles. The van der Waals surface area contributed by atoms with E-state index < -0.39 is 10.0 Å². The molecule has 120 valence electrons. The highest BCUT2D eigenvalue weighted by Crippen LogP contribution is 2.25. The maximum Gasteiger partial charge on any atom is 0.254 e. The van der Waals surface area contributed by atoms with Crippen LogP contribution in [0.15, 0.2) is 54.5 Å². The van der Waals surface area contributed by atoms with Gasteiger partial charge in [-0.25, -0.2) is 8.42 Å². The average Bonchev–Trinajstić information content (AvgIpc) is 2.54. The van der Waals surface area contributed by atoms with Gasteiger partial charge in [-0.3, -0.25) is 4.72 Å². The van der Waals surface area contributed by atoms with E-state index in [0.29, 0.717) is 16.5 Å². The van der Waals surface area contributed by atoms with E-state index in [1.165, 1.54) is 0 Å². The zero-order chi connectivity index (χ0) is 16.9. The number of anilines is 1. The number of methoxy groups -OCH3 is 1. The topological polar surface area (TPSA) is 55.4 Å². The van der Waals surface area contributed by atoms with Crippen LogP contribution in [-0.2, 0) is 10.0 Å². The second-order valence-electron chi connectivity index (χ2n) is 4.66. The molecular weight excluding hydrogens is 334 g/mol. The summed E-state index contributed by atoms with van der Waals surface area (Å²) in [5.74, 6) is 0.636. The lowest BCUT2D eigenvalue weighted by Gasteiger charge is -2.09. The zero-order valence-electron chi connectivity index (χ0n) is 12.5. The molecular formula is C17H16ClNO3S. The van der Waals surface area contributed by atoms with Gasteiger partial charge in [-0.2, -0.15) is 0 Å². The molecule has 4 nitrogen and oxygen atoms in total. The highest BCUT2D eigenvalue weighted by Gasteiger charge is 2.07. The minimum atomic E-state index is -3.55. The highest BCUT2D eigenvalue weighted by atomic mass is 35.5. The summed E-state index contributed by atoms with van der Waals surface area (Å²) in [5.41, 5.74) is 2.14. The van der Waals surface area contributed by atoms with Crippen LogP contribution in [0.3, 0.4) is 0 Å². The SMILES string of the molecule is C=CS(=O)(=O)Nc1ccc(OC)c(/C=C/c2ccc(Cl)cc2)c1. The van der Waals surface area contributed by atoms with E-state index in [4.69, 9.17) is 16.3 Å². The lowest BCUT2D eigenvalue weighted by Crippen LogP contribution is -2.08. The quantitative estimate of drug-likeness (QED) is 0.786. The lowest BCUT2D eigenvalue weighted by atomic mass is 10.1. The largest absolute Gasteiger partial charge is 0.496 e. The van der Waals surface area contributed by atoms with Gasteiger partial charge in [-0.15, -0.1) is 0 Å². The number of halogens is 1. The van der Waals surface area contributed by atoms with E-state index in [1.807, 2.05) is 24.3 Å². The fourth-order valence-electron chi connectivity index (χ4n) is 1.89. The van der Waals surface area contributed by atoms with Gasteiger partial charge in [0.15, 0.2) is 0 Å². The molecule has 6 heteroatoms. The standard InChI is InChI=1S/C17H16ClNO3S/c1-3-23(20,21)19-16-10-11-17(22-2)14(12-16)7-4-13-5-8-15(18)9-6-13/h3-12,19H,1H2,2H3/b7-4+. The van der Waals surface area contributed by atoms with Gasteiger partial charge in [-0.05, 0) is 35.9 Å². The number of nitrogens with one attached hydrogen (secondary N) is 1. The van der Waals surface area contributed by atoms with Crippen molar-refractivity contribution in [2.75, 3.05) is 11.8 Å². The second-order valence-corrected chi connectivity index (χ2v) is 6.72. The van der Waals surface area contributed by atoms with Gasteiger partial charge < -0.3 is 4.74 Å². The third-order valence-corrected chi connectivity index (χ3v) is 4.25. The number of rotatable bonds is 6. The molecule has 0 aliphatic carbocycles. The normalized spacial score (nSPS) is 11.4. The van der Waals surface area contributed by atoms with Gasteiger partial charge >= 0.3 is 0 Å². The van der Waals surface area contributed by atoms with Crippen molar-refractivity contribution < 1.29 is 13.2 Å². The first-order valence-corrected chi connectivity index (χ1v) is 8.63. The van der Waals surface area contributed by atoms with Crippen LogP contribution in [0.5, 0.6) is 5.75 Å². The van der Waals surface area contributed by atoms with Crippen LogP contribution in [0.25, 0.3) is 12.2 Å². The summed E-state index contributed by atoms with van der Waals surface area (Å²) in [6.07, 6.45) is 3.73. The molecule has 0 heterocycles. The molecule has 0 amide bonds. The van der Waals surface area contributed by atoms with Gasteiger partial charge in [0.2, 0.25) is 0 Å². The summed E-state index contributed by atoms with van der Waals surface area (Å²) in [5, 5.41) is 1.53. The number of sulfonamides is 1. The summed E-state index contributed by atoms with van der Waals surface area (Å²) in [6, 6.07) is 12.4. The summed E-state index contributed by atoms with van der Waals surface area (Å²) < 4.78 is 30.8. The summed E-state index contributed by atoms with van der Waals surface area (Å²) in [7, 11) is -1.99. The van der Waals surface area contributed by atoms with Crippen LogP contribution in [0.4, 0.5) is 5.69 Å². The Morgan fingerprint density at radius 2 is 1.83 bits per heavy atom. The van der Waals surface area contributed by atoms with Crippen molar-refractivity contribution in [2.45, 2.75) is 0 Å². The van der Waals surface area contributed by atoms with E-state index in [1.54, 1.807) is 37.4 Å². The zero-order valence-corrected chi connectivity index (χ0v) is 14.1.